The summed E-state index contributed by atoms with van der Waals surface area (Å²) in [5, 5.41) is 6.34. The molecular formula is C19H27N3O2. The first-order valence-electron chi connectivity index (χ1n) is 8.93. The van der Waals surface area contributed by atoms with E-state index >= 15 is 0 Å². The van der Waals surface area contributed by atoms with Gasteiger partial charge in [-0.05, 0) is 37.3 Å². The van der Waals surface area contributed by atoms with Crippen molar-refractivity contribution in [2.24, 2.45) is 11.8 Å². The zero-order chi connectivity index (χ0) is 17.3. The highest BCUT2D eigenvalue weighted by molar-refractivity contribution is 6.11. The molecular weight excluding hydrogens is 302 g/mol. The van der Waals surface area contributed by atoms with Gasteiger partial charge >= 0.3 is 0 Å². The van der Waals surface area contributed by atoms with Gasteiger partial charge in [0.05, 0.1) is 17.4 Å². The molecule has 4 atom stereocenters. The first-order valence-corrected chi connectivity index (χ1v) is 8.93. The van der Waals surface area contributed by atoms with Gasteiger partial charge in [0.15, 0.2) is 0 Å². The molecule has 2 N–H and O–H groups in total. The van der Waals surface area contributed by atoms with Crippen LogP contribution in [0.4, 0.5) is 11.4 Å². The number of rotatable bonds is 3. The van der Waals surface area contributed by atoms with Crippen LogP contribution in [0, 0.1) is 11.8 Å². The normalized spacial score (nSPS) is 28.0. The molecule has 0 aromatic heterocycles. The highest BCUT2D eigenvalue weighted by Gasteiger charge is 2.33. The van der Waals surface area contributed by atoms with Gasteiger partial charge in [-0.15, -0.1) is 0 Å². The molecule has 1 aromatic carbocycles. The maximum Gasteiger partial charge on any atom is 0.244 e. The number of fused-ring (bicyclic) bond motifs is 1. The van der Waals surface area contributed by atoms with Crippen molar-refractivity contribution >= 4 is 23.2 Å². The highest BCUT2D eigenvalue weighted by Crippen LogP contribution is 2.31. The summed E-state index contributed by atoms with van der Waals surface area (Å²) < 4.78 is 0. The number of nitrogens with zero attached hydrogens (tertiary/aromatic N) is 1. The first-order chi connectivity index (χ1) is 11.5. The van der Waals surface area contributed by atoms with E-state index in [1.165, 1.54) is 12.8 Å². The fourth-order valence-corrected chi connectivity index (χ4v) is 3.87. The molecule has 130 valence electrons. The maximum atomic E-state index is 13.0. The van der Waals surface area contributed by atoms with Crippen LogP contribution in [0.1, 0.15) is 40.0 Å². The Morgan fingerprint density at radius 3 is 2.83 bits per heavy atom. The number of hydrogen-bond acceptors (Lipinski definition) is 3. The Kier molecular flexibility index (Phi) is 4.90. The van der Waals surface area contributed by atoms with Crippen LogP contribution in [0.15, 0.2) is 24.3 Å². The van der Waals surface area contributed by atoms with Gasteiger partial charge in [-0.1, -0.05) is 38.8 Å². The van der Waals surface area contributed by atoms with Crippen molar-refractivity contribution in [3.05, 3.63) is 24.3 Å². The fraction of sp³-hybridized carbons (Fsp3) is 0.579. The zero-order valence-electron chi connectivity index (χ0n) is 14.7. The molecule has 1 aliphatic heterocycles. The van der Waals surface area contributed by atoms with Crippen LogP contribution in [0.3, 0.4) is 0 Å². The molecule has 0 unspecified atom stereocenters. The minimum absolute atomic E-state index is 0.0391. The van der Waals surface area contributed by atoms with Gasteiger partial charge in [0, 0.05) is 6.04 Å². The molecule has 1 aromatic rings. The topological polar surface area (TPSA) is 61.4 Å². The summed E-state index contributed by atoms with van der Waals surface area (Å²) in [5.74, 6) is 1.06. The summed E-state index contributed by atoms with van der Waals surface area (Å²) in [6, 6.07) is 7.52. The Bertz CT molecular complexity index is 631. The Morgan fingerprint density at radius 2 is 2.04 bits per heavy atom. The second kappa shape index (κ2) is 6.93. The van der Waals surface area contributed by atoms with Crippen molar-refractivity contribution in [3.63, 3.8) is 0 Å². The minimum atomic E-state index is -0.304. The van der Waals surface area contributed by atoms with E-state index in [0.717, 1.165) is 12.1 Å². The third-order valence-electron chi connectivity index (χ3n) is 5.58. The molecule has 2 aliphatic rings. The number of anilines is 2. The molecule has 0 radical (unpaired) electrons. The highest BCUT2D eigenvalue weighted by atomic mass is 16.2. The van der Waals surface area contributed by atoms with Crippen LogP contribution in [-0.2, 0) is 9.59 Å². The summed E-state index contributed by atoms with van der Waals surface area (Å²) >= 11 is 0. The smallest absolute Gasteiger partial charge is 0.244 e. The Hall–Kier alpha value is -1.88. The van der Waals surface area contributed by atoms with Crippen molar-refractivity contribution in [2.75, 3.05) is 16.8 Å². The third-order valence-corrected chi connectivity index (χ3v) is 5.58. The van der Waals surface area contributed by atoms with Crippen LogP contribution >= 0.6 is 0 Å². The van der Waals surface area contributed by atoms with Crippen LogP contribution in [0.25, 0.3) is 0 Å². The number of benzene rings is 1. The standard InChI is InChI=1S/C19H27N3O2/c1-12-7-6-9-15(13(12)2)20-14(3)19(24)22-11-18(23)21-16-8-4-5-10-17(16)22/h4-5,8,10,12-15,20H,6-7,9,11H2,1-3H3,(H,21,23)/t12-,13+,14-,15-/m0/s1. The second-order valence-corrected chi connectivity index (χ2v) is 7.25. The minimum Gasteiger partial charge on any atom is -0.323 e. The molecule has 1 saturated carbocycles. The van der Waals surface area contributed by atoms with Gasteiger partial charge < -0.3 is 10.6 Å². The fourth-order valence-electron chi connectivity index (χ4n) is 3.87. The van der Waals surface area contributed by atoms with Crippen molar-refractivity contribution in [1.82, 2.24) is 5.32 Å². The second-order valence-electron chi connectivity index (χ2n) is 7.25. The van der Waals surface area contributed by atoms with Gasteiger partial charge in [0.2, 0.25) is 11.8 Å². The number of hydrogen-bond donors (Lipinski definition) is 2. The lowest BCUT2D eigenvalue weighted by molar-refractivity contribution is -0.123. The summed E-state index contributed by atoms with van der Waals surface area (Å²) in [5.41, 5.74) is 1.48. The average molecular weight is 329 g/mol. The number of carbonyl (C=O) groups is 2. The number of para-hydroxylation sites is 2. The van der Waals surface area contributed by atoms with E-state index in [1.807, 2.05) is 31.2 Å². The van der Waals surface area contributed by atoms with Gasteiger partial charge in [-0.3, -0.25) is 14.5 Å². The molecule has 1 fully saturated rings. The Labute approximate surface area is 143 Å². The molecule has 5 heteroatoms. The summed E-state index contributed by atoms with van der Waals surface area (Å²) in [6.45, 7) is 6.54. The Balaban J connectivity index is 1.73. The van der Waals surface area contributed by atoms with E-state index < -0.39 is 0 Å². The van der Waals surface area contributed by atoms with Crippen LogP contribution in [0.2, 0.25) is 0 Å². The summed E-state index contributed by atoms with van der Waals surface area (Å²) in [7, 11) is 0. The van der Waals surface area contributed by atoms with Gasteiger partial charge in [-0.25, -0.2) is 0 Å². The van der Waals surface area contributed by atoms with E-state index in [4.69, 9.17) is 0 Å². The predicted molar refractivity (Wildman–Crippen MR) is 96.0 cm³/mol. The monoisotopic (exact) mass is 329 g/mol. The van der Waals surface area contributed by atoms with E-state index in [1.54, 1.807) is 4.90 Å². The molecule has 1 heterocycles. The van der Waals surface area contributed by atoms with Crippen LogP contribution in [0.5, 0.6) is 0 Å². The van der Waals surface area contributed by atoms with Gasteiger partial charge in [0.1, 0.15) is 6.54 Å². The largest absolute Gasteiger partial charge is 0.323 e. The molecule has 0 spiro atoms. The van der Waals surface area contributed by atoms with Crippen molar-refractivity contribution in [3.8, 4) is 0 Å². The molecule has 0 saturated heterocycles. The number of amides is 2. The van der Waals surface area contributed by atoms with Crippen LogP contribution in [-0.4, -0.2) is 30.4 Å². The van der Waals surface area contributed by atoms with E-state index in [9.17, 15) is 9.59 Å². The predicted octanol–water partition coefficient (Wildman–Crippen LogP) is 2.77. The molecule has 3 rings (SSSR count). The molecule has 2 amide bonds. The lowest BCUT2D eigenvalue weighted by Gasteiger charge is -2.37. The molecule has 24 heavy (non-hydrogen) atoms. The van der Waals surface area contributed by atoms with E-state index in [-0.39, 0.29) is 24.4 Å². The summed E-state index contributed by atoms with van der Waals surface area (Å²) in [6.07, 6.45) is 3.58. The SMILES string of the molecule is C[C@H]1[C@@H](N[C@@H](C)C(=O)N2CC(=O)Nc3ccccc32)CCC[C@@H]1C. The zero-order valence-corrected chi connectivity index (χ0v) is 14.7. The lowest BCUT2D eigenvalue weighted by atomic mass is 9.78. The van der Waals surface area contributed by atoms with Crippen molar-refractivity contribution < 1.29 is 9.59 Å². The molecule has 5 nitrogen and oxygen atoms in total. The average Bonchev–Trinajstić information content (AvgIpc) is 2.57. The van der Waals surface area contributed by atoms with Gasteiger partial charge in [-0.2, -0.15) is 0 Å². The number of nitrogens with one attached hydrogen (secondary N) is 2. The lowest BCUT2D eigenvalue weighted by Crippen LogP contribution is -2.54. The Morgan fingerprint density at radius 1 is 1.29 bits per heavy atom. The van der Waals surface area contributed by atoms with E-state index in [0.29, 0.717) is 23.6 Å². The summed E-state index contributed by atoms with van der Waals surface area (Å²) in [4.78, 5) is 26.5. The number of carbonyl (C=O) groups excluding carboxylic acids is 2. The van der Waals surface area contributed by atoms with Crippen molar-refractivity contribution in [2.45, 2.75) is 52.1 Å². The third kappa shape index (κ3) is 3.31. The van der Waals surface area contributed by atoms with E-state index in [2.05, 4.69) is 24.5 Å². The first kappa shape index (κ1) is 17.0. The maximum absolute atomic E-state index is 13.0. The van der Waals surface area contributed by atoms with Gasteiger partial charge in [0.25, 0.3) is 0 Å². The van der Waals surface area contributed by atoms with Crippen LogP contribution < -0.4 is 15.5 Å². The molecule has 1 aliphatic carbocycles. The quantitative estimate of drug-likeness (QED) is 0.896. The molecule has 0 bridgehead atoms. The van der Waals surface area contributed by atoms with Crippen molar-refractivity contribution in [1.29, 1.82) is 0 Å².